The first-order chi connectivity index (χ1) is 8.11. The minimum Gasteiger partial charge on any atom is -0.474 e. The van der Waals surface area contributed by atoms with Crippen molar-refractivity contribution in [2.24, 2.45) is 0 Å². The van der Waals surface area contributed by atoms with Crippen LogP contribution in [0.1, 0.15) is 19.4 Å². The van der Waals surface area contributed by atoms with Gasteiger partial charge in [0.1, 0.15) is 17.1 Å². The summed E-state index contributed by atoms with van der Waals surface area (Å²) in [6.45, 7) is 3.75. The highest BCUT2D eigenvalue weighted by Crippen LogP contribution is 2.25. The maximum Gasteiger partial charge on any atom is 0.232 e. The molecule has 2 aromatic rings. The molecule has 0 bridgehead atoms. The van der Waals surface area contributed by atoms with Gasteiger partial charge in [0.15, 0.2) is 5.15 Å². The van der Waals surface area contributed by atoms with E-state index in [0.29, 0.717) is 22.1 Å². The first-order valence-corrected chi connectivity index (χ1v) is 5.51. The van der Waals surface area contributed by atoms with Crippen molar-refractivity contribution in [3.8, 4) is 11.9 Å². The van der Waals surface area contributed by atoms with Gasteiger partial charge in [-0.1, -0.05) is 11.6 Å². The summed E-state index contributed by atoms with van der Waals surface area (Å²) in [5, 5.41) is 10.1. The van der Waals surface area contributed by atoms with Gasteiger partial charge in [-0.2, -0.15) is 5.26 Å². The van der Waals surface area contributed by atoms with Crippen LogP contribution in [0.3, 0.4) is 0 Å². The topological polar surface area (TPSA) is 58.8 Å². The Kier molecular flexibility index (Phi) is 3.12. The van der Waals surface area contributed by atoms with Crippen molar-refractivity contribution >= 4 is 22.5 Å². The summed E-state index contributed by atoms with van der Waals surface area (Å²) < 4.78 is 5.48. The standard InChI is InChI=1S/C12H10ClN3O/c1-7(2)17-12-9(6-14)5-8-3-4-15-11(13)10(8)16-12/h3-5,7H,1-2H3. The molecule has 2 rings (SSSR count). The fraction of sp³-hybridized carbons (Fsp3) is 0.250. The molecule has 2 aromatic heterocycles. The maximum atomic E-state index is 9.04. The van der Waals surface area contributed by atoms with Crippen molar-refractivity contribution < 1.29 is 4.74 Å². The molecule has 5 heteroatoms. The zero-order valence-corrected chi connectivity index (χ0v) is 10.2. The van der Waals surface area contributed by atoms with Gasteiger partial charge in [-0.25, -0.2) is 9.97 Å². The molecule has 0 aliphatic rings. The molecule has 0 unspecified atom stereocenters. The molecule has 0 aliphatic heterocycles. The summed E-state index contributed by atoms with van der Waals surface area (Å²) in [6, 6.07) is 5.52. The second kappa shape index (κ2) is 4.56. The summed E-state index contributed by atoms with van der Waals surface area (Å²) in [5.41, 5.74) is 0.942. The van der Waals surface area contributed by atoms with Gasteiger partial charge in [-0.3, -0.25) is 0 Å². The molecule has 0 amide bonds. The molecular formula is C12H10ClN3O. The third-order valence-corrected chi connectivity index (χ3v) is 2.40. The van der Waals surface area contributed by atoms with Crippen LogP contribution in [0.2, 0.25) is 5.15 Å². The quantitative estimate of drug-likeness (QED) is 0.766. The Morgan fingerprint density at radius 1 is 1.47 bits per heavy atom. The number of pyridine rings is 2. The maximum absolute atomic E-state index is 9.04. The highest BCUT2D eigenvalue weighted by Gasteiger charge is 2.11. The predicted molar refractivity (Wildman–Crippen MR) is 65.0 cm³/mol. The van der Waals surface area contributed by atoms with Crippen LogP contribution >= 0.6 is 11.6 Å². The number of aromatic nitrogens is 2. The van der Waals surface area contributed by atoms with Gasteiger partial charge < -0.3 is 4.74 Å². The van der Waals surface area contributed by atoms with E-state index in [2.05, 4.69) is 16.0 Å². The SMILES string of the molecule is CC(C)Oc1nc2c(Cl)nccc2cc1C#N. The lowest BCUT2D eigenvalue weighted by atomic mass is 10.2. The lowest BCUT2D eigenvalue weighted by molar-refractivity contribution is 0.233. The molecular weight excluding hydrogens is 238 g/mol. The molecule has 86 valence electrons. The second-order valence-electron chi connectivity index (χ2n) is 3.79. The molecule has 0 saturated carbocycles. The van der Waals surface area contributed by atoms with Crippen LogP contribution in [0.15, 0.2) is 18.3 Å². The number of hydrogen-bond donors (Lipinski definition) is 0. The fourth-order valence-corrected chi connectivity index (χ4v) is 1.65. The summed E-state index contributed by atoms with van der Waals surface area (Å²) >= 11 is 5.95. The Morgan fingerprint density at radius 3 is 2.88 bits per heavy atom. The molecule has 17 heavy (non-hydrogen) atoms. The molecule has 0 atom stereocenters. The molecule has 0 radical (unpaired) electrons. The van der Waals surface area contributed by atoms with E-state index in [1.807, 2.05) is 13.8 Å². The Hall–Kier alpha value is -1.86. The summed E-state index contributed by atoms with van der Waals surface area (Å²) in [4.78, 5) is 8.19. The van der Waals surface area contributed by atoms with Crippen LogP contribution in [-0.4, -0.2) is 16.1 Å². The predicted octanol–water partition coefficient (Wildman–Crippen LogP) is 2.94. The number of hydrogen-bond acceptors (Lipinski definition) is 4. The average molecular weight is 248 g/mol. The molecule has 0 spiro atoms. The third kappa shape index (κ3) is 2.29. The summed E-state index contributed by atoms with van der Waals surface area (Å²) in [5.74, 6) is 0.296. The van der Waals surface area contributed by atoms with Crippen molar-refractivity contribution in [3.63, 3.8) is 0 Å². The minimum atomic E-state index is -0.0532. The fourth-order valence-electron chi connectivity index (χ4n) is 1.44. The molecule has 2 heterocycles. The summed E-state index contributed by atoms with van der Waals surface area (Å²) in [6.07, 6.45) is 1.53. The summed E-state index contributed by atoms with van der Waals surface area (Å²) in [7, 11) is 0. The van der Waals surface area contributed by atoms with Gasteiger partial charge in [0.2, 0.25) is 5.88 Å². The molecule has 0 aromatic carbocycles. The van der Waals surface area contributed by atoms with Gasteiger partial charge in [0, 0.05) is 11.6 Å². The van der Waals surface area contributed by atoms with Crippen molar-refractivity contribution in [3.05, 3.63) is 29.0 Å². The average Bonchev–Trinajstić information content (AvgIpc) is 2.29. The van der Waals surface area contributed by atoms with Crippen molar-refractivity contribution in [1.29, 1.82) is 5.26 Å². The van der Waals surface area contributed by atoms with E-state index < -0.39 is 0 Å². The van der Waals surface area contributed by atoms with Gasteiger partial charge in [-0.15, -0.1) is 0 Å². The Labute approximate surface area is 104 Å². The van der Waals surface area contributed by atoms with Crippen LogP contribution in [0, 0.1) is 11.3 Å². The number of nitriles is 1. The van der Waals surface area contributed by atoms with Crippen LogP contribution in [0.25, 0.3) is 10.9 Å². The largest absolute Gasteiger partial charge is 0.474 e. The lowest BCUT2D eigenvalue weighted by Gasteiger charge is -2.11. The van der Waals surface area contributed by atoms with Crippen molar-refractivity contribution in [1.82, 2.24) is 9.97 Å². The van der Waals surface area contributed by atoms with Crippen molar-refractivity contribution in [2.45, 2.75) is 20.0 Å². The number of halogens is 1. The molecule has 0 N–H and O–H groups in total. The molecule has 0 fully saturated rings. The van der Waals surface area contributed by atoms with E-state index in [4.69, 9.17) is 21.6 Å². The molecule has 0 aliphatic carbocycles. The zero-order valence-electron chi connectivity index (χ0n) is 9.44. The number of rotatable bonds is 2. The highest BCUT2D eigenvalue weighted by atomic mass is 35.5. The van der Waals surface area contributed by atoms with E-state index in [-0.39, 0.29) is 6.10 Å². The zero-order chi connectivity index (χ0) is 12.4. The first-order valence-electron chi connectivity index (χ1n) is 5.14. The van der Waals surface area contributed by atoms with E-state index in [9.17, 15) is 0 Å². The number of ether oxygens (including phenoxy) is 1. The highest BCUT2D eigenvalue weighted by molar-refractivity contribution is 6.33. The molecule has 4 nitrogen and oxygen atoms in total. The van der Waals surface area contributed by atoms with Crippen LogP contribution in [0.5, 0.6) is 5.88 Å². The van der Waals surface area contributed by atoms with E-state index >= 15 is 0 Å². The van der Waals surface area contributed by atoms with Gasteiger partial charge in [-0.05, 0) is 26.0 Å². The monoisotopic (exact) mass is 247 g/mol. The van der Waals surface area contributed by atoms with Gasteiger partial charge in [0.25, 0.3) is 0 Å². The smallest absolute Gasteiger partial charge is 0.232 e. The third-order valence-electron chi connectivity index (χ3n) is 2.12. The minimum absolute atomic E-state index is 0.0532. The van der Waals surface area contributed by atoms with E-state index in [0.717, 1.165) is 5.39 Å². The van der Waals surface area contributed by atoms with Gasteiger partial charge >= 0.3 is 0 Å². The normalized spacial score (nSPS) is 10.5. The first kappa shape index (κ1) is 11.6. The Balaban J connectivity index is 2.67. The van der Waals surface area contributed by atoms with Gasteiger partial charge in [0.05, 0.1) is 6.10 Å². The van der Waals surface area contributed by atoms with Crippen LogP contribution in [-0.2, 0) is 0 Å². The second-order valence-corrected chi connectivity index (χ2v) is 4.15. The number of fused-ring (bicyclic) bond motifs is 1. The lowest BCUT2D eigenvalue weighted by Crippen LogP contribution is -2.08. The molecule has 0 saturated heterocycles. The van der Waals surface area contributed by atoms with E-state index in [1.54, 1.807) is 18.3 Å². The Bertz CT molecular complexity index is 604. The number of nitrogens with zero attached hydrogens (tertiary/aromatic N) is 3. The van der Waals surface area contributed by atoms with Crippen molar-refractivity contribution in [2.75, 3.05) is 0 Å². The Morgan fingerprint density at radius 2 is 2.24 bits per heavy atom. The van der Waals surface area contributed by atoms with Crippen LogP contribution in [0.4, 0.5) is 0 Å². The van der Waals surface area contributed by atoms with E-state index in [1.165, 1.54) is 0 Å². The van der Waals surface area contributed by atoms with Crippen LogP contribution < -0.4 is 4.74 Å².